The number of nitrogens with zero attached hydrogens (tertiary/aromatic N) is 3. The summed E-state index contributed by atoms with van der Waals surface area (Å²) < 4.78 is 5.10. The molecule has 132 valence electrons. The molecule has 0 aliphatic heterocycles. The van der Waals surface area contributed by atoms with Crippen LogP contribution in [0, 0.1) is 17.0 Å². The van der Waals surface area contributed by atoms with E-state index in [0.29, 0.717) is 22.4 Å². The zero-order valence-corrected chi connectivity index (χ0v) is 14.2. The van der Waals surface area contributed by atoms with Crippen LogP contribution in [0.4, 0.5) is 17.1 Å². The summed E-state index contributed by atoms with van der Waals surface area (Å²) in [5, 5.41) is 14.6. The van der Waals surface area contributed by atoms with Crippen molar-refractivity contribution in [3.05, 3.63) is 64.0 Å². The molecule has 2 heterocycles. The van der Waals surface area contributed by atoms with Crippen LogP contribution in [0.3, 0.4) is 0 Å². The largest absolute Gasteiger partial charge is 0.462 e. The van der Waals surface area contributed by atoms with E-state index in [9.17, 15) is 14.9 Å². The van der Waals surface area contributed by atoms with Crippen molar-refractivity contribution < 1.29 is 14.5 Å². The number of aromatic nitrogens is 2. The zero-order valence-electron chi connectivity index (χ0n) is 14.2. The molecule has 0 aliphatic carbocycles. The van der Waals surface area contributed by atoms with E-state index in [1.807, 2.05) is 19.1 Å². The predicted octanol–water partition coefficient (Wildman–Crippen LogP) is 3.77. The smallest absolute Gasteiger partial charge is 0.341 e. The van der Waals surface area contributed by atoms with Gasteiger partial charge in [0.05, 0.1) is 17.2 Å². The number of nitro groups is 1. The van der Waals surface area contributed by atoms with Crippen LogP contribution in [0.2, 0.25) is 0 Å². The molecule has 0 aliphatic rings. The Morgan fingerprint density at radius 1 is 1.23 bits per heavy atom. The molecule has 1 N–H and O–H groups in total. The number of esters is 1. The topological polar surface area (TPSA) is 107 Å². The number of ether oxygens (including phenoxy) is 1. The van der Waals surface area contributed by atoms with E-state index in [4.69, 9.17) is 4.74 Å². The molecular formula is C18H16N4O4. The lowest BCUT2D eigenvalue weighted by atomic mass is 10.1. The zero-order chi connectivity index (χ0) is 18.7. The number of nitrogens with one attached hydrogen (secondary N) is 1. The fourth-order valence-corrected chi connectivity index (χ4v) is 2.48. The van der Waals surface area contributed by atoms with Gasteiger partial charge in [0.25, 0.3) is 5.69 Å². The molecule has 0 atom stereocenters. The Labute approximate surface area is 149 Å². The minimum absolute atomic E-state index is 0.0157. The van der Waals surface area contributed by atoms with Crippen LogP contribution in [0.25, 0.3) is 11.0 Å². The molecule has 26 heavy (non-hydrogen) atoms. The van der Waals surface area contributed by atoms with Crippen LogP contribution in [0.15, 0.2) is 42.6 Å². The molecule has 3 rings (SSSR count). The average Bonchev–Trinajstić information content (AvgIpc) is 2.62. The minimum Gasteiger partial charge on any atom is -0.462 e. The summed E-state index contributed by atoms with van der Waals surface area (Å²) in [5.41, 5.74) is 2.63. The first-order valence-corrected chi connectivity index (χ1v) is 7.94. The summed E-state index contributed by atoms with van der Waals surface area (Å²) in [6.45, 7) is 3.81. The fourth-order valence-electron chi connectivity index (χ4n) is 2.48. The Morgan fingerprint density at radius 2 is 1.96 bits per heavy atom. The molecule has 8 heteroatoms. The molecule has 0 radical (unpaired) electrons. The second-order valence-corrected chi connectivity index (χ2v) is 5.52. The summed E-state index contributed by atoms with van der Waals surface area (Å²) in [6.07, 6.45) is 1.42. The Morgan fingerprint density at radius 3 is 2.62 bits per heavy atom. The lowest BCUT2D eigenvalue weighted by molar-refractivity contribution is -0.384. The highest BCUT2D eigenvalue weighted by Gasteiger charge is 2.18. The van der Waals surface area contributed by atoms with Gasteiger partial charge < -0.3 is 10.1 Å². The molecule has 0 bridgehead atoms. The van der Waals surface area contributed by atoms with E-state index in [0.717, 1.165) is 5.69 Å². The summed E-state index contributed by atoms with van der Waals surface area (Å²) in [7, 11) is 0. The summed E-state index contributed by atoms with van der Waals surface area (Å²) in [4.78, 5) is 31.2. The number of hydrogen-bond donors (Lipinski definition) is 1. The Balaban J connectivity index is 2.09. The number of carbonyl (C=O) groups excluding carboxylic acids is 1. The maximum absolute atomic E-state index is 12.3. The summed E-state index contributed by atoms with van der Waals surface area (Å²) in [5.74, 6) is -0.508. The van der Waals surface area contributed by atoms with Gasteiger partial charge >= 0.3 is 5.97 Å². The Hall–Kier alpha value is -3.55. The number of pyridine rings is 2. The molecule has 8 nitrogen and oxygen atoms in total. The first-order chi connectivity index (χ1) is 12.5. The van der Waals surface area contributed by atoms with Gasteiger partial charge in [-0.05, 0) is 38.1 Å². The van der Waals surface area contributed by atoms with Crippen molar-refractivity contribution in [1.82, 2.24) is 9.97 Å². The molecular weight excluding hydrogens is 336 g/mol. The van der Waals surface area contributed by atoms with Crippen molar-refractivity contribution >= 4 is 34.1 Å². The monoisotopic (exact) mass is 352 g/mol. The SMILES string of the molecule is CCOC(=O)c1cnc2nc(C)ccc2c1Nc1ccc([N+](=O)[O-])cc1. The van der Waals surface area contributed by atoms with E-state index in [1.165, 1.54) is 18.3 Å². The molecule has 3 aromatic rings. The first kappa shape index (κ1) is 17.3. The minimum atomic E-state index is -0.508. The van der Waals surface area contributed by atoms with Crippen LogP contribution >= 0.6 is 0 Å². The maximum Gasteiger partial charge on any atom is 0.341 e. The van der Waals surface area contributed by atoms with Crippen molar-refractivity contribution in [2.24, 2.45) is 0 Å². The van der Waals surface area contributed by atoms with E-state index >= 15 is 0 Å². The summed E-state index contributed by atoms with van der Waals surface area (Å²) in [6, 6.07) is 9.55. The number of nitro benzene ring substituents is 1. The van der Waals surface area contributed by atoms with Crippen LogP contribution in [0.1, 0.15) is 23.0 Å². The molecule has 0 spiro atoms. The van der Waals surface area contributed by atoms with E-state index in [2.05, 4.69) is 15.3 Å². The molecule has 1 aromatic carbocycles. The highest BCUT2D eigenvalue weighted by molar-refractivity contribution is 6.05. The first-order valence-electron chi connectivity index (χ1n) is 7.94. The predicted molar refractivity (Wildman–Crippen MR) is 96.6 cm³/mol. The second-order valence-electron chi connectivity index (χ2n) is 5.52. The number of aryl methyl sites for hydroxylation is 1. The highest BCUT2D eigenvalue weighted by Crippen LogP contribution is 2.30. The third-order valence-electron chi connectivity index (χ3n) is 3.71. The third kappa shape index (κ3) is 3.44. The molecule has 0 unspecified atom stereocenters. The molecule has 2 aromatic heterocycles. The lowest BCUT2D eigenvalue weighted by Crippen LogP contribution is -2.09. The quantitative estimate of drug-likeness (QED) is 0.423. The van der Waals surface area contributed by atoms with Gasteiger partial charge in [-0.15, -0.1) is 0 Å². The van der Waals surface area contributed by atoms with Gasteiger partial charge in [-0.3, -0.25) is 10.1 Å². The standard InChI is InChI=1S/C18H16N4O4/c1-3-26-18(23)15-10-19-17-14(9-4-11(2)20-17)16(15)21-12-5-7-13(8-6-12)22(24)25/h4-10H,3H2,1-2H3,(H,19,20,21). The number of anilines is 2. The number of hydrogen-bond acceptors (Lipinski definition) is 7. The maximum atomic E-state index is 12.3. The average molecular weight is 352 g/mol. The lowest BCUT2D eigenvalue weighted by Gasteiger charge is -2.14. The Bertz CT molecular complexity index is 986. The highest BCUT2D eigenvalue weighted by atomic mass is 16.6. The van der Waals surface area contributed by atoms with Crippen molar-refractivity contribution in [2.45, 2.75) is 13.8 Å². The van der Waals surface area contributed by atoms with Gasteiger partial charge in [-0.2, -0.15) is 0 Å². The third-order valence-corrected chi connectivity index (χ3v) is 3.71. The summed E-state index contributed by atoms with van der Waals surface area (Å²) >= 11 is 0. The van der Waals surface area contributed by atoms with Crippen LogP contribution in [0.5, 0.6) is 0 Å². The van der Waals surface area contributed by atoms with Crippen LogP contribution in [-0.2, 0) is 4.74 Å². The molecule has 0 fully saturated rings. The van der Waals surface area contributed by atoms with E-state index in [1.54, 1.807) is 19.1 Å². The number of carbonyl (C=O) groups is 1. The molecule has 0 saturated carbocycles. The molecule has 0 amide bonds. The van der Waals surface area contributed by atoms with Crippen molar-refractivity contribution in [3.8, 4) is 0 Å². The Kier molecular flexibility index (Phi) is 4.74. The van der Waals surface area contributed by atoms with Gasteiger partial charge in [-0.25, -0.2) is 14.8 Å². The van der Waals surface area contributed by atoms with Crippen molar-refractivity contribution in [1.29, 1.82) is 0 Å². The number of rotatable bonds is 5. The molecule has 0 saturated heterocycles. The van der Waals surface area contributed by atoms with Crippen LogP contribution in [-0.4, -0.2) is 27.5 Å². The number of non-ortho nitro benzene ring substituents is 1. The van der Waals surface area contributed by atoms with Gasteiger partial charge in [0.2, 0.25) is 0 Å². The normalized spacial score (nSPS) is 10.5. The van der Waals surface area contributed by atoms with Gasteiger partial charge in [-0.1, -0.05) is 0 Å². The number of fused-ring (bicyclic) bond motifs is 1. The number of benzene rings is 1. The van der Waals surface area contributed by atoms with Crippen molar-refractivity contribution in [3.63, 3.8) is 0 Å². The van der Waals surface area contributed by atoms with Gasteiger partial charge in [0.1, 0.15) is 5.56 Å². The fraction of sp³-hybridized carbons (Fsp3) is 0.167. The van der Waals surface area contributed by atoms with Gasteiger partial charge in [0, 0.05) is 35.1 Å². The van der Waals surface area contributed by atoms with E-state index < -0.39 is 10.9 Å². The van der Waals surface area contributed by atoms with Gasteiger partial charge in [0.15, 0.2) is 5.65 Å². The van der Waals surface area contributed by atoms with E-state index in [-0.39, 0.29) is 17.9 Å². The van der Waals surface area contributed by atoms with Crippen molar-refractivity contribution in [2.75, 3.05) is 11.9 Å². The van der Waals surface area contributed by atoms with Crippen LogP contribution < -0.4 is 5.32 Å². The second kappa shape index (κ2) is 7.14.